The number of nitrogens with one attached hydrogen (secondary N) is 2. The highest BCUT2D eigenvalue weighted by atomic mass is 127. The first kappa shape index (κ1) is 31.3. The highest BCUT2D eigenvalue weighted by Crippen LogP contribution is 2.43. The monoisotopic (exact) mass is 706 g/mol. The molecule has 1 amide bonds. The van der Waals surface area contributed by atoms with E-state index in [0.29, 0.717) is 42.8 Å². The molecule has 1 aliphatic rings. The number of rotatable bonds is 13. The van der Waals surface area contributed by atoms with Crippen molar-refractivity contribution in [2.24, 2.45) is 0 Å². The minimum absolute atomic E-state index is 0.109. The number of thiol groups is 1. The van der Waals surface area contributed by atoms with Gasteiger partial charge in [0.05, 0.1) is 16.2 Å². The van der Waals surface area contributed by atoms with Gasteiger partial charge < -0.3 is 14.8 Å². The predicted molar refractivity (Wildman–Crippen MR) is 148 cm³/mol. The topological polar surface area (TPSA) is 167 Å². The fourth-order valence-electron chi connectivity index (χ4n) is 3.79. The molecule has 38 heavy (non-hydrogen) atoms. The van der Waals surface area contributed by atoms with Crippen molar-refractivity contribution in [3.8, 4) is 0 Å². The van der Waals surface area contributed by atoms with E-state index in [0.717, 1.165) is 11.3 Å². The van der Waals surface area contributed by atoms with Gasteiger partial charge in [-0.2, -0.15) is 4.31 Å². The number of fused-ring (bicyclic) bond motifs is 1. The molecule has 0 aliphatic carbocycles. The van der Waals surface area contributed by atoms with Crippen LogP contribution in [0.4, 0.5) is 4.79 Å². The zero-order valence-corrected chi connectivity index (χ0v) is 25.4. The fourth-order valence-corrected chi connectivity index (χ4v) is 10.6. The minimum atomic E-state index is -3.80. The van der Waals surface area contributed by atoms with Gasteiger partial charge in [0, 0.05) is 66.9 Å². The Kier molecular flexibility index (Phi) is 11.4. The van der Waals surface area contributed by atoms with E-state index < -0.39 is 28.8 Å². The summed E-state index contributed by atoms with van der Waals surface area (Å²) in [5.41, 5.74) is 1.72. The van der Waals surface area contributed by atoms with Crippen molar-refractivity contribution in [3.63, 3.8) is 0 Å². The zero-order valence-electron chi connectivity index (χ0n) is 20.7. The van der Waals surface area contributed by atoms with Crippen molar-refractivity contribution in [2.75, 3.05) is 33.4 Å². The van der Waals surface area contributed by atoms with Crippen molar-refractivity contribution in [1.82, 2.24) is 19.7 Å². The van der Waals surface area contributed by atoms with Crippen LogP contribution < -0.4 is 10.0 Å². The van der Waals surface area contributed by atoms with Crippen LogP contribution >= 0.6 is 32.5 Å². The van der Waals surface area contributed by atoms with E-state index in [-0.39, 0.29) is 34.2 Å². The summed E-state index contributed by atoms with van der Waals surface area (Å²) in [6.07, 6.45) is -0.391. The molecule has 17 heteroatoms. The third kappa shape index (κ3) is 8.13. The van der Waals surface area contributed by atoms with E-state index in [1.807, 2.05) is 6.92 Å². The van der Waals surface area contributed by atoms with Crippen LogP contribution in [0.25, 0.3) is 0 Å². The maximum absolute atomic E-state index is 13.5. The summed E-state index contributed by atoms with van der Waals surface area (Å²) < 4.78 is 54.5. The summed E-state index contributed by atoms with van der Waals surface area (Å²) in [4.78, 5) is 17.0. The number of sulfonamides is 1. The maximum Gasteiger partial charge on any atom is 0.418 e. The predicted octanol–water partition coefficient (Wildman–Crippen LogP) is 2.52. The SMILES string of the molecule is CCN[C@H]1CN(CCCOC)S(=O)(=O)c2sc([SH](=O)(I)NC(=O)OCc3cccc(CON(O)O)c3)cc21. The van der Waals surface area contributed by atoms with E-state index in [1.54, 1.807) is 58.6 Å². The fraction of sp³-hybridized carbons (Fsp3) is 0.476. The van der Waals surface area contributed by atoms with Crippen LogP contribution in [0.1, 0.15) is 36.1 Å². The Labute approximate surface area is 238 Å². The zero-order chi connectivity index (χ0) is 27.9. The molecule has 0 bridgehead atoms. The van der Waals surface area contributed by atoms with Crippen molar-refractivity contribution in [2.45, 2.75) is 41.0 Å². The van der Waals surface area contributed by atoms with E-state index in [9.17, 15) is 17.4 Å². The average molecular weight is 707 g/mol. The molecule has 1 aliphatic heterocycles. The Morgan fingerprint density at radius 1 is 1.29 bits per heavy atom. The number of methoxy groups -OCH3 is 1. The smallest absolute Gasteiger partial charge is 0.418 e. The van der Waals surface area contributed by atoms with Gasteiger partial charge in [0.2, 0.25) is 0 Å². The molecule has 3 rings (SSSR count). The van der Waals surface area contributed by atoms with Crippen molar-refractivity contribution in [1.29, 1.82) is 0 Å². The molecule has 0 saturated carbocycles. The van der Waals surface area contributed by atoms with Crippen LogP contribution in [-0.4, -0.2) is 72.2 Å². The summed E-state index contributed by atoms with van der Waals surface area (Å²) in [5.74, 6) is 0. The molecular formula is C21H31IN4O9S3. The number of ether oxygens (including phenoxy) is 2. The second-order valence-corrected chi connectivity index (χ2v) is 17.5. The summed E-state index contributed by atoms with van der Waals surface area (Å²) >= 11 is 2.52. The van der Waals surface area contributed by atoms with Crippen molar-refractivity contribution in [3.05, 3.63) is 47.0 Å². The molecule has 0 fully saturated rings. The van der Waals surface area contributed by atoms with Crippen LogP contribution in [0.15, 0.2) is 38.8 Å². The van der Waals surface area contributed by atoms with Crippen LogP contribution in [0.3, 0.4) is 0 Å². The molecule has 0 spiro atoms. The van der Waals surface area contributed by atoms with Crippen molar-refractivity contribution >= 4 is 55.9 Å². The second kappa shape index (κ2) is 13.9. The van der Waals surface area contributed by atoms with Gasteiger partial charge in [0.15, 0.2) is 0 Å². The van der Waals surface area contributed by atoms with Gasteiger partial charge in [-0.15, -0.1) is 11.3 Å². The quantitative estimate of drug-likeness (QED) is 0.0683. The van der Waals surface area contributed by atoms with Gasteiger partial charge >= 0.3 is 6.09 Å². The number of halogens is 1. The molecule has 1 aromatic carbocycles. The lowest BCUT2D eigenvalue weighted by Gasteiger charge is -2.32. The Balaban J connectivity index is 1.72. The first-order chi connectivity index (χ1) is 18.0. The highest BCUT2D eigenvalue weighted by molar-refractivity contribution is 14.2. The van der Waals surface area contributed by atoms with Crippen LogP contribution in [0.5, 0.6) is 0 Å². The van der Waals surface area contributed by atoms with Gasteiger partial charge in [0.1, 0.15) is 10.8 Å². The third-order valence-electron chi connectivity index (χ3n) is 5.48. The van der Waals surface area contributed by atoms with Gasteiger partial charge in [-0.1, -0.05) is 31.2 Å². The summed E-state index contributed by atoms with van der Waals surface area (Å²) in [6.45, 7) is 3.22. The number of carbonyl (C=O) groups excluding carboxylic acids is 1. The van der Waals surface area contributed by atoms with Crippen LogP contribution in [0, 0.1) is 0 Å². The van der Waals surface area contributed by atoms with Crippen molar-refractivity contribution < 1.29 is 42.1 Å². The average Bonchev–Trinajstić information content (AvgIpc) is 3.33. The summed E-state index contributed by atoms with van der Waals surface area (Å²) in [7, 11) is -5.80. The molecule has 214 valence electrons. The van der Waals surface area contributed by atoms with Gasteiger partial charge in [0.25, 0.3) is 10.0 Å². The molecule has 1 aromatic heterocycles. The first-order valence-corrected chi connectivity index (χ1v) is 18.2. The number of carbonyl (C=O) groups is 1. The molecule has 0 radical (unpaired) electrons. The Morgan fingerprint density at radius 3 is 2.66 bits per heavy atom. The highest BCUT2D eigenvalue weighted by Gasteiger charge is 2.40. The Bertz CT molecular complexity index is 1260. The van der Waals surface area contributed by atoms with Gasteiger partial charge in [-0.05, 0) is 30.2 Å². The van der Waals surface area contributed by atoms with Gasteiger partial charge in [-0.3, -0.25) is 19.3 Å². The van der Waals surface area contributed by atoms with Gasteiger partial charge in [-0.25, -0.2) is 18.0 Å². The maximum atomic E-state index is 13.5. The first-order valence-electron chi connectivity index (χ1n) is 11.5. The molecule has 1 atom stereocenters. The lowest BCUT2D eigenvalue weighted by Crippen LogP contribution is -2.43. The number of hydrogen-bond donors (Lipinski definition) is 5. The van der Waals surface area contributed by atoms with Crippen LogP contribution in [-0.2, 0) is 44.8 Å². The number of thiophene rings is 1. The lowest BCUT2D eigenvalue weighted by molar-refractivity contribution is -0.497. The van der Waals surface area contributed by atoms with E-state index in [2.05, 4.69) is 14.9 Å². The molecule has 0 saturated heterocycles. The standard InChI is InChI=1S/C21H31IN4O9S3/c1-3-23-18-12-25(8-5-9-33-2)38(31,32)20-17(18)11-19(36-20)37(22,30)24-21(27)34-13-15-6-4-7-16(10-15)14-35-26(28)29/h4,6-7,10-11,18,23,28-29,37H,3,5,8-9,12-14H2,1-2H3,(H,24,27,30)/t18-/m0/s1. The molecule has 2 aromatic rings. The number of nitrogens with zero attached hydrogens (tertiary/aromatic N) is 2. The minimum Gasteiger partial charge on any atom is -0.444 e. The summed E-state index contributed by atoms with van der Waals surface area (Å²) in [5, 5.41) is 20.2. The van der Waals surface area contributed by atoms with E-state index in [1.165, 1.54) is 4.31 Å². The van der Waals surface area contributed by atoms with E-state index in [4.69, 9.17) is 19.9 Å². The normalized spacial score (nSPS) is 17.8. The molecule has 2 heterocycles. The third-order valence-corrected chi connectivity index (χ3v) is 14.3. The number of hydrogen-bond acceptors (Lipinski definition) is 12. The molecule has 13 nitrogen and oxygen atoms in total. The molecule has 0 unspecified atom stereocenters. The number of likely N-dealkylation sites (N-methyl/N-ethyl adjacent to an activating group) is 1. The lowest BCUT2D eigenvalue weighted by atomic mass is 10.1. The largest absolute Gasteiger partial charge is 0.444 e. The molecule has 4 N–H and O–H groups in total. The number of amides is 1. The van der Waals surface area contributed by atoms with Crippen LogP contribution in [0.2, 0.25) is 0 Å². The summed E-state index contributed by atoms with van der Waals surface area (Å²) in [6, 6.07) is 7.98. The van der Waals surface area contributed by atoms with E-state index >= 15 is 0 Å². The Hall–Kier alpha value is -1.26. The molecular weight excluding hydrogens is 675 g/mol. The Morgan fingerprint density at radius 2 is 2.00 bits per heavy atom. The second-order valence-electron chi connectivity index (χ2n) is 8.21. The number of benzene rings is 1.